The zero-order chi connectivity index (χ0) is 23.2. The molecule has 0 saturated carbocycles. The van der Waals surface area contributed by atoms with Crippen LogP contribution in [-0.2, 0) is 0 Å². The van der Waals surface area contributed by atoms with E-state index in [1.54, 1.807) is 24.3 Å². The van der Waals surface area contributed by atoms with Crippen LogP contribution in [0.15, 0.2) is 57.4 Å². The lowest BCUT2D eigenvalue weighted by Crippen LogP contribution is -2.04. The number of benzene rings is 2. The van der Waals surface area contributed by atoms with E-state index < -0.39 is 12.2 Å². The maximum Gasteiger partial charge on any atom is 0.169 e. The highest BCUT2D eigenvalue weighted by molar-refractivity contribution is 5.52. The summed E-state index contributed by atoms with van der Waals surface area (Å²) in [7, 11) is 0. The lowest BCUT2D eigenvalue weighted by Gasteiger charge is -2.16. The summed E-state index contributed by atoms with van der Waals surface area (Å²) in [5, 5.41) is 21.9. The zero-order valence-electron chi connectivity index (χ0n) is 19.5. The second-order valence-corrected chi connectivity index (χ2v) is 8.83. The minimum absolute atomic E-state index is 0.457. The Kier molecular flexibility index (Phi) is 5.85. The summed E-state index contributed by atoms with van der Waals surface area (Å²) in [4.78, 5) is 0. The molecule has 0 aliphatic carbocycles. The number of rotatable bonds is 5. The van der Waals surface area contributed by atoms with Gasteiger partial charge in [0.25, 0.3) is 0 Å². The lowest BCUT2D eigenvalue weighted by atomic mass is 9.94. The Morgan fingerprint density at radius 2 is 0.844 bits per heavy atom. The van der Waals surface area contributed by atoms with Gasteiger partial charge in [-0.15, -0.1) is 0 Å². The molecule has 4 rings (SSSR count). The molecule has 0 aliphatic heterocycles. The summed E-state index contributed by atoms with van der Waals surface area (Å²) in [6.45, 7) is 12.1. The summed E-state index contributed by atoms with van der Waals surface area (Å²) < 4.78 is 11.9. The lowest BCUT2D eigenvalue weighted by molar-refractivity contribution is 0.185. The molecule has 0 fully saturated rings. The SMILES string of the molecule is Cc1cc(C)c(C(O)c2ccc(-c3ccc(C(O)c4c(C)cc(C)cc4C)o3)o2)c(C)c1. The van der Waals surface area contributed by atoms with Gasteiger partial charge in [-0.05, 0) is 99.2 Å². The summed E-state index contributed by atoms with van der Waals surface area (Å²) in [5.74, 6) is 1.94. The molecule has 4 heteroatoms. The Bertz CT molecular complexity index is 1130. The summed E-state index contributed by atoms with van der Waals surface area (Å²) in [5.41, 5.74) is 8.16. The van der Waals surface area contributed by atoms with Crippen LogP contribution in [0, 0.1) is 41.5 Å². The monoisotopic (exact) mass is 430 g/mol. The minimum atomic E-state index is -0.859. The molecule has 0 aliphatic rings. The zero-order valence-corrected chi connectivity index (χ0v) is 19.5. The van der Waals surface area contributed by atoms with Crippen molar-refractivity contribution in [2.24, 2.45) is 0 Å². The van der Waals surface area contributed by atoms with E-state index in [1.807, 2.05) is 41.5 Å². The van der Waals surface area contributed by atoms with Crippen molar-refractivity contribution in [1.82, 2.24) is 0 Å². The molecule has 0 amide bonds. The molecule has 4 nitrogen and oxygen atoms in total. The summed E-state index contributed by atoms with van der Waals surface area (Å²) in [6.07, 6.45) is -1.72. The van der Waals surface area contributed by atoms with Crippen LogP contribution < -0.4 is 0 Å². The molecule has 0 radical (unpaired) electrons. The van der Waals surface area contributed by atoms with E-state index in [0.29, 0.717) is 23.0 Å². The Morgan fingerprint density at radius 3 is 1.16 bits per heavy atom. The first-order valence-corrected chi connectivity index (χ1v) is 10.9. The fourth-order valence-corrected chi connectivity index (χ4v) is 4.79. The highest BCUT2D eigenvalue weighted by Crippen LogP contribution is 2.35. The molecule has 2 atom stereocenters. The molecule has 2 heterocycles. The van der Waals surface area contributed by atoms with Gasteiger partial charge >= 0.3 is 0 Å². The van der Waals surface area contributed by atoms with Gasteiger partial charge in [0, 0.05) is 0 Å². The first-order chi connectivity index (χ1) is 15.2. The van der Waals surface area contributed by atoms with Crippen molar-refractivity contribution in [3.05, 3.63) is 105 Å². The molecule has 0 bridgehead atoms. The van der Waals surface area contributed by atoms with Crippen molar-refractivity contribution >= 4 is 0 Å². The van der Waals surface area contributed by atoms with Gasteiger partial charge in [-0.2, -0.15) is 0 Å². The maximum absolute atomic E-state index is 11.0. The average molecular weight is 431 g/mol. The third-order valence-corrected chi connectivity index (χ3v) is 6.06. The van der Waals surface area contributed by atoms with Crippen LogP contribution in [0.5, 0.6) is 0 Å². The van der Waals surface area contributed by atoms with Crippen molar-refractivity contribution in [3.8, 4) is 11.5 Å². The Labute approximate surface area is 189 Å². The molecule has 166 valence electrons. The minimum Gasteiger partial charge on any atom is -0.455 e. The van der Waals surface area contributed by atoms with E-state index in [0.717, 1.165) is 44.5 Å². The van der Waals surface area contributed by atoms with E-state index in [-0.39, 0.29) is 0 Å². The molecule has 32 heavy (non-hydrogen) atoms. The Morgan fingerprint density at radius 1 is 0.531 bits per heavy atom. The standard InChI is InChI=1S/C28H30O4/c1-15-11-17(3)25(18(4)12-15)27(29)23-9-7-21(31-23)22-8-10-24(32-22)28(30)26-19(5)13-16(2)14-20(26)6/h7-14,27-30H,1-6H3. The van der Waals surface area contributed by atoms with E-state index in [4.69, 9.17) is 8.83 Å². The van der Waals surface area contributed by atoms with Crippen LogP contribution in [0.1, 0.15) is 68.2 Å². The predicted octanol–water partition coefficient (Wildman–Crippen LogP) is 6.55. The fraction of sp³-hybridized carbons (Fsp3) is 0.286. The van der Waals surface area contributed by atoms with Crippen molar-refractivity contribution in [2.45, 2.75) is 53.8 Å². The first kappa shape index (κ1) is 22.1. The van der Waals surface area contributed by atoms with E-state index in [1.165, 1.54) is 0 Å². The van der Waals surface area contributed by atoms with Gasteiger partial charge in [0.15, 0.2) is 11.5 Å². The fourth-order valence-electron chi connectivity index (χ4n) is 4.79. The number of aryl methyl sites for hydroxylation is 6. The van der Waals surface area contributed by atoms with Crippen LogP contribution in [0.3, 0.4) is 0 Å². The van der Waals surface area contributed by atoms with Crippen molar-refractivity contribution in [2.75, 3.05) is 0 Å². The number of hydrogen-bond donors (Lipinski definition) is 2. The van der Waals surface area contributed by atoms with Crippen molar-refractivity contribution < 1.29 is 19.0 Å². The molecule has 0 saturated heterocycles. The van der Waals surface area contributed by atoms with Crippen LogP contribution in [-0.4, -0.2) is 10.2 Å². The van der Waals surface area contributed by atoms with Gasteiger partial charge in [-0.3, -0.25) is 0 Å². The normalized spacial score (nSPS) is 13.4. The summed E-state index contributed by atoms with van der Waals surface area (Å²) in [6, 6.07) is 15.4. The van der Waals surface area contributed by atoms with Gasteiger partial charge in [0.05, 0.1) is 0 Å². The van der Waals surface area contributed by atoms with Crippen molar-refractivity contribution in [1.29, 1.82) is 0 Å². The number of hydrogen-bond acceptors (Lipinski definition) is 4. The van der Waals surface area contributed by atoms with Crippen LogP contribution in [0.2, 0.25) is 0 Å². The van der Waals surface area contributed by atoms with Crippen LogP contribution in [0.25, 0.3) is 11.5 Å². The molecule has 2 aromatic heterocycles. The van der Waals surface area contributed by atoms with Gasteiger partial charge < -0.3 is 19.0 Å². The molecule has 2 N–H and O–H groups in total. The first-order valence-electron chi connectivity index (χ1n) is 10.9. The third kappa shape index (κ3) is 4.04. The Balaban J connectivity index is 1.62. The third-order valence-electron chi connectivity index (χ3n) is 6.06. The second-order valence-electron chi connectivity index (χ2n) is 8.83. The van der Waals surface area contributed by atoms with Gasteiger partial charge in [0.1, 0.15) is 23.7 Å². The summed E-state index contributed by atoms with van der Waals surface area (Å²) >= 11 is 0. The smallest absolute Gasteiger partial charge is 0.169 e. The molecule has 2 aromatic carbocycles. The topological polar surface area (TPSA) is 66.7 Å². The molecule has 4 aromatic rings. The van der Waals surface area contributed by atoms with Gasteiger partial charge in [-0.1, -0.05) is 35.4 Å². The highest BCUT2D eigenvalue weighted by Gasteiger charge is 2.23. The average Bonchev–Trinajstić information content (AvgIpc) is 3.36. The Hall–Kier alpha value is -3.08. The maximum atomic E-state index is 11.0. The van der Waals surface area contributed by atoms with E-state index in [9.17, 15) is 10.2 Å². The van der Waals surface area contributed by atoms with E-state index in [2.05, 4.69) is 24.3 Å². The molecule has 2 unspecified atom stereocenters. The predicted molar refractivity (Wildman–Crippen MR) is 126 cm³/mol. The van der Waals surface area contributed by atoms with Crippen LogP contribution in [0.4, 0.5) is 0 Å². The van der Waals surface area contributed by atoms with Gasteiger partial charge in [-0.25, -0.2) is 0 Å². The molecule has 0 spiro atoms. The van der Waals surface area contributed by atoms with Gasteiger partial charge in [0.2, 0.25) is 0 Å². The number of aliphatic hydroxyl groups excluding tert-OH is 2. The quantitative estimate of drug-likeness (QED) is 0.377. The number of aliphatic hydroxyl groups is 2. The second kappa shape index (κ2) is 8.45. The van der Waals surface area contributed by atoms with E-state index >= 15 is 0 Å². The highest BCUT2D eigenvalue weighted by atomic mass is 16.4. The number of furan rings is 2. The largest absolute Gasteiger partial charge is 0.455 e. The molecular formula is C28H30O4. The van der Waals surface area contributed by atoms with Crippen molar-refractivity contribution in [3.63, 3.8) is 0 Å². The van der Waals surface area contributed by atoms with Crippen LogP contribution >= 0.6 is 0 Å². The molecular weight excluding hydrogens is 400 g/mol.